The topological polar surface area (TPSA) is 61.8 Å². The predicted octanol–water partition coefficient (Wildman–Crippen LogP) is 2.89. The maximum atomic E-state index is 8.77. The molecular formula is C13H16ClN3. The number of nitriles is 1. The first kappa shape index (κ1) is 12.2. The summed E-state index contributed by atoms with van der Waals surface area (Å²) in [5, 5.41) is 12.7. The van der Waals surface area contributed by atoms with Gasteiger partial charge in [0.2, 0.25) is 0 Å². The number of anilines is 1. The Morgan fingerprint density at radius 2 is 2.12 bits per heavy atom. The fourth-order valence-corrected chi connectivity index (χ4v) is 2.48. The molecule has 1 aliphatic rings. The molecule has 0 aromatic heterocycles. The van der Waals surface area contributed by atoms with Crippen molar-refractivity contribution >= 4 is 17.3 Å². The van der Waals surface area contributed by atoms with Gasteiger partial charge in [-0.15, -0.1) is 0 Å². The molecule has 1 aliphatic carbocycles. The van der Waals surface area contributed by atoms with Crippen LogP contribution >= 0.6 is 11.6 Å². The summed E-state index contributed by atoms with van der Waals surface area (Å²) in [5.41, 5.74) is 7.52. The summed E-state index contributed by atoms with van der Waals surface area (Å²) in [5.74, 6) is 0. The molecule has 2 atom stereocenters. The lowest BCUT2D eigenvalue weighted by Crippen LogP contribution is -2.42. The molecule has 0 aliphatic heterocycles. The largest absolute Gasteiger partial charge is 0.380 e. The Labute approximate surface area is 107 Å². The van der Waals surface area contributed by atoms with Crippen molar-refractivity contribution in [2.75, 3.05) is 5.32 Å². The maximum Gasteiger partial charge on any atom is 0.0992 e. The molecule has 1 aromatic carbocycles. The molecule has 90 valence electrons. The van der Waals surface area contributed by atoms with Gasteiger partial charge in [0.05, 0.1) is 22.3 Å². The van der Waals surface area contributed by atoms with E-state index in [2.05, 4.69) is 11.4 Å². The number of hydrogen-bond donors (Lipinski definition) is 2. The van der Waals surface area contributed by atoms with Crippen molar-refractivity contribution in [1.29, 1.82) is 5.26 Å². The van der Waals surface area contributed by atoms with Crippen LogP contribution in [-0.4, -0.2) is 12.1 Å². The van der Waals surface area contributed by atoms with E-state index in [1.54, 1.807) is 12.1 Å². The smallest absolute Gasteiger partial charge is 0.0992 e. The molecule has 1 saturated carbocycles. The van der Waals surface area contributed by atoms with Crippen molar-refractivity contribution in [1.82, 2.24) is 0 Å². The Bertz CT molecular complexity index is 439. The average molecular weight is 250 g/mol. The second-order valence-corrected chi connectivity index (χ2v) is 4.91. The number of halogens is 1. The van der Waals surface area contributed by atoms with Gasteiger partial charge in [-0.1, -0.05) is 24.4 Å². The monoisotopic (exact) mass is 249 g/mol. The first-order valence-corrected chi connectivity index (χ1v) is 6.30. The van der Waals surface area contributed by atoms with E-state index >= 15 is 0 Å². The molecule has 0 radical (unpaired) electrons. The van der Waals surface area contributed by atoms with Gasteiger partial charge in [-0.3, -0.25) is 0 Å². The second-order valence-electron chi connectivity index (χ2n) is 4.51. The number of hydrogen-bond acceptors (Lipinski definition) is 3. The van der Waals surface area contributed by atoms with Crippen LogP contribution in [0.4, 0.5) is 5.69 Å². The zero-order valence-electron chi connectivity index (χ0n) is 9.62. The summed E-state index contributed by atoms with van der Waals surface area (Å²) in [4.78, 5) is 0. The minimum absolute atomic E-state index is 0.190. The van der Waals surface area contributed by atoms with Gasteiger partial charge in [0.1, 0.15) is 0 Å². The Morgan fingerprint density at radius 3 is 2.76 bits per heavy atom. The third-order valence-corrected chi connectivity index (χ3v) is 3.57. The predicted molar refractivity (Wildman–Crippen MR) is 70.0 cm³/mol. The number of benzene rings is 1. The van der Waals surface area contributed by atoms with E-state index in [4.69, 9.17) is 22.6 Å². The van der Waals surface area contributed by atoms with E-state index in [0.29, 0.717) is 10.6 Å². The van der Waals surface area contributed by atoms with Crippen LogP contribution in [0.2, 0.25) is 5.02 Å². The first-order chi connectivity index (χ1) is 8.20. The molecule has 2 rings (SSSR count). The summed E-state index contributed by atoms with van der Waals surface area (Å²) in [6.07, 6.45) is 4.56. The summed E-state index contributed by atoms with van der Waals surface area (Å²) < 4.78 is 0. The summed E-state index contributed by atoms with van der Waals surface area (Å²) in [6, 6.07) is 7.84. The second kappa shape index (κ2) is 5.39. The molecule has 0 bridgehead atoms. The van der Waals surface area contributed by atoms with E-state index in [1.165, 1.54) is 12.8 Å². The summed E-state index contributed by atoms with van der Waals surface area (Å²) in [6.45, 7) is 0. The van der Waals surface area contributed by atoms with Crippen LogP contribution in [0.25, 0.3) is 0 Å². The van der Waals surface area contributed by atoms with E-state index in [1.807, 2.05) is 6.07 Å². The normalized spacial score (nSPS) is 24.1. The Balaban J connectivity index is 2.10. The molecule has 17 heavy (non-hydrogen) atoms. The molecule has 0 heterocycles. The van der Waals surface area contributed by atoms with Gasteiger partial charge in [0.15, 0.2) is 0 Å². The highest BCUT2D eigenvalue weighted by atomic mass is 35.5. The fourth-order valence-electron chi connectivity index (χ4n) is 2.24. The highest BCUT2D eigenvalue weighted by molar-refractivity contribution is 6.33. The van der Waals surface area contributed by atoms with Gasteiger partial charge < -0.3 is 11.1 Å². The van der Waals surface area contributed by atoms with Crippen LogP contribution in [0.1, 0.15) is 31.2 Å². The molecule has 3 nitrogen and oxygen atoms in total. The van der Waals surface area contributed by atoms with Crippen LogP contribution in [0.15, 0.2) is 18.2 Å². The maximum absolute atomic E-state index is 8.77. The van der Waals surface area contributed by atoms with E-state index in [-0.39, 0.29) is 12.1 Å². The van der Waals surface area contributed by atoms with E-state index in [0.717, 1.165) is 18.5 Å². The zero-order valence-corrected chi connectivity index (χ0v) is 10.4. The molecule has 0 saturated heterocycles. The number of nitrogens with two attached hydrogens (primary N) is 1. The van der Waals surface area contributed by atoms with Crippen molar-refractivity contribution < 1.29 is 0 Å². The fraction of sp³-hybridized carbons (Fsp3) is 0.462. The van der Waals surface area contributed by atoms with Crippen LogP contribution < -0.4 is 11.1 Å². The Hall–Kier alpha value is -1.24. The van der Waals surface area contributed by atoms with Crippen LogP contribution in [0.3, 0.4) is 0 Å². The molecule has 0 amide bonds. The van der Waals surface area contributed by atoms with Gasteiger partial charge in [0.25, 0.3) is 0 Å². The minimum Gasteiger partial charge on any atom is -0.380 e. The number of nitrogens with one attached hydrogen (secondary N) is 1. The van der Waals surface area contributed by atoms with Crippen molar-refractivity contribution in [3.8, 4) is 6.07 Å². The molecule has 0 spiro atoms. The van der Waals surface area contributed by atoms with E-state index < -0.39 is 0 Å². The molecule has 3 N–H and O–H groups in total. The van der Waals surface area contributed by atoms with E-state index in [9.17, 15) is 0 Å². The highest BCUT2D eigenvalue weighted by Gasteiger charge is 2.21. The zero-order chi connectivity index (χ0) is 12.3. The lowest BCUT2D eigenvalue weighted by Gasteiger charge is -2.30. The number of rotatable bonds is 2. The van der Waals surface area contributed by atoms with Crippen LogP contribution in [-0.2, 0) is 0 Å². The Morgan fingerprint density at radius 1 is 1.35 bits per heavy atom. The lowest BCUT2D eigenvalue weighted by molar-refractivity contribution is 0.404. The SMILES string of the molecule is N#Cc1ccc(N[C@@H]2CCCC[C@H]2N)c(Cl)c1. The summed E-state index contributed by atoms with van der Waals surface area (Å²) >= 11 is 6.12. The molecule has 1 fully saturated rings. The lowest BCUT2D eigenvalue weighted by atomic mass is 9.91. The quantitative estimate of drug-likeness (QED) is 0.847. The van der Waals surface area contributed by atoms with Crippen LogP contribution in [0, 0.1) is 11.3 Å². The van der Waals surface area contributed by atoms with Gasteiger partial charge in [-0.05, 0) is 31.0 Å². The van der Waals surface area contributed by atoms with Gasteiger partial charge >= 0.3 is 0 Å². The first-order valence-electron chi connectivity index (χ1n) is 5.92. The average Bonchev–Trinajstić information content (AvgIpc) is 2.34. The van der Waals surface area contributed by atoms with Crippen LogP contribution in [0.5, 0.6) is 0 Å². The summed E-state index contributed by atoms with van der Waals surface area (Å²) in [7, 11) is 0. The third kappa shape index (κ3) is 2.91. The van der Waals surface area contributed by atoms with Crippen molar-refractivity contribution in [2.45, 2.75) is 37.8 Å². The van der Waals surface area contributed by atoms with Crippen molar-refractivity contribution in [2.24, 2.45) is 5.73 Å². The minimum atomic E-state index is 0.190. The molecule has 4 heteroatoms. The molecule has 0 unspecified atom stereocenters. The van der Waals surface area contributed by atoms with Gasteiger partial charge in [-0.25, -0.2) is 0 Å². The van der Waals surface area contributed by atoms with Gasteiger partial charge in [-0.2, -0.15) is 5.26 Å². The standard InChI is InChI=1S/C13H16ClN3/c14-10-7-9(8-15)5-6-12(10)17-13-4-2-1-3-11(13)16/h5-7,11,13,17H,1-4,16H2/t11-,13-/m1/s1. The van der Waals surface area contributed by atoms with Crippen molar-refractivity contribution in [3.05, 3.63) is 28.8 Å². The third-order valence-electron chi connectivity index (χ3n) is 3.26. The molecule has 1 aromatic rings. The highest BCUT2D eigenvalue weighted by Crippen LogP contribution is 2.27. The van der Waals surface area contributed by atoms with Gasteiger partial charge in [0, 0.05) is 12.1 Å². The Kier molecular flexibility index (Phi) is 3.88. The number of nitrogens with zero attached hydrogens (tertiary/aromatic N) is 1. The van der Waals surface area contributed by atoms with Crippen molar-refractivity contribution in [3.63, 3.8) is 0 Å². The molecular weight excluding hydrogens is 234 g/mol.